The zero-order valence-electron chi connectivity index (χ0n) is 12.5. The molecule has 2 amide bonds. The van der Waals surface area contributed by atoms with E-state index < -0.39 is 6.10 Å². The molecule has 5 heteroatoms. The van der Waals surface area contributed by atoms with Crippen LogP contribution in [0.5, 0.6) is 0 Å². The van der Waals surface area contributed by atoms with Gasteiger partial charge in [0, 0.05) is 25.5 Å². The Morgan fingerprint density at radius 3 is 2.80 bits per heavy atom. The first-order valence-corrected chi connectivity index (χ1v) is 7.08. The number of nitrogens with one attached hydrogen (secondary N) is 2. The topological polar surface area (TPSA) is 74.2 Å². The minimum Gasteiger partial charge on any atom is -0.391 e. The van der Waals surface area contributed by atoms with Crippen LogP contribution in [0.1, 0.15) is 31.4 Å². The zero-order valence-corrected chi connectivity index (χ0v) is 12.5. The molecule has 1 unspecified atom stereocenters. The number of rotatable bonds is 7. The largest absolute Gasteiger partial charge is 0.391 e. The second kappa shape index (κ2) is 8.53. The van der Waals surface area contributed by atoms with Crippen LogP contribution < -0.4 is 10.6 Å². The van der Waals surface area contributed by atoms with E-state index in [0.29, 0.717) is 18.9 Å². The predicted molar refractivity (Wildman–Crippen MR) is 79.5 cm³/mol. The van der Waals surface area contributed by atoms with Crippen LogP contribution in [0.15, 0.2) is 18.5 Å². The molecule has 0 aliphatic heterocycles. The van der Waals surface area contributed by atoms with E-state index in [1.165, 1.54) is 5.56 Å². The number of aryl methyl sites for hydroxylation is 1. The summed E-state index contributed by atoms with van der Waals surface area (Å²) in [6.07, 6.45) is 4.55. The van der Waals surface area contributed by atoms with Gasteiger partial charge < -0.3 is 15.7 Å². The number of pyridine rings is 1. The van der Waals surface area contributed by atoms with E-state index in [2.05, 4.69) is 15.6 Å². The van der Waals surface area contributed by atoms with Crippen LogP contribution in [0.25, 0.3) is 0 Å². The lowest BCUT2D eigenvalue weighted by Gasteiger charge is -2.14. The van der Waals surface area contributed by atoms with Gasteiger partial charge in [0.1, 0.15) is 0 Å². The van der Waals surface area contributed by atoms with E-state index in [1.807, 2.05) is 33.0 Å². The Labute approximate surface area is 120 Å². The lowest BCUT2D eigenvalue weighted by molar-refractivity contribution is 0.147. The number of carbonyl (C=O) groups is 1. The third kappa shape index (κ3) is 6.52. The van der Waals surface area contributed by atoms with Crippen molar-refractivity contribution in [1.82, 2.24) is 15.6 Å². The van der Waals surface area contributed by atoms with Gasteiger partial charge in [0.2, 0.25) is 0 Å². The lowest BCUT2D eigenvalue weighted by Crippen LogP contribution is -2.40. The van der Waals surface area contributed by atoms with E-state index in [-0.39, 0.29) is 12.6 Å². The maximum absolute atomic E-state index is 11.6. The SMILES string of the molecule is Cc1cnccc1CCNC(=O)NCC(O)CC(C)C. The third-order valence-corrected chi connectivity index (χ3v) is 3.06. The van der Waals surface area contributed by atoms with Gasteiger partial charge in [-0.15, -0.1) is 0 Å². The highest BCUT2D eigenvalue weighted by molar-refractivity contribution is 5.73. The van der Waals surface area contributed by atoms with E-state index in [1.54, 1.807) is 6.20 Å². The molecular weight excluding hydrogens is 254 g/mol. The lowest BCUT2D eigenvalue weighted by atomic mass is 10.1. The molecule has 3 N–H and O–H groups in total. The van der Waals surface area contributed by atoms with Gasteiger partial charge in [0.15, 0.2) is 0 Å². The Morgan fingerprint density at radius 2 is 2.15 bits per heavy atom. The summed E-state index contributed by atoms with van der Waals surface area (Å²) in [5.41, 5.74) is 2.31. The smallest absolute Gasteiger partial charge is 0.314 e. The molecule has 1 aromatic heterocycles. The first-order chi connectivity index (χ1) is 9.49. The van der Waals surface area contributed by atoms with Crippen LogP contribution >= 0.6 is 0 Å². The van der Waals surface area contributed by atoms with Crippen LogP contribution in [-0.4, -0.2) is 35.3 Å². The summed E-state index contributed by atoms with van der Waals surface area (Å²) in [5, 5.41) is 15.1. The minimum atomic E-state index is -0.483. The second-order valence-corrected chi connectivity index (χ2v) is 5.47. The molecule has 1 atom stereocenters. The highest BCUT2D eigenvalue weighted by Gasteiger charge is 2.08. The molecule has 0 fully saturated rings. The molecule has 1 rings (SSSR count). The quantitative estimate of drug-likeness (QED) is 0.710. The van der Waals surface area contributed by atoms with Crippen molar-refractivity contribution in [2.75, 3.05) is 13.1 Å². The average Bonchev–Trinajstić information content (AvgIpc) is 2.38. The number of aliphatic hydroxyl groups excluding tert-OH is 1. The number of urea groups is 1. The van der Waals surface area contributed by atoms with Crippen molar-refractivity contribution in [1.29, 1.82) is 0 Å². The third-order valence-electron chi connectivity index (χ3n) is 3.06. The van der Waals surface area contributed by atoms with Gasteiger partial charge in [-0.3, -0.25) is 4.98 Å². The number of hydrogen-bond donors (Lipinski definition) is 3. The Morgan fingerprint density at radius 1 is 1.40 bits per heavy atom. The van der Waals surface area contributed by atoms with Crippen molar-refractivity contribution in [3.8, 4) is 0 Å². The van der Waals surface area contributed by atoms with E-state index >= 15 is 0 Å². The van der Waals surface area contributed by atoms with Gasteiger partial charge in [-0.1, -0.05) is 13.8 Å². The molecule has 0 radical (unpaired) electrons. The molecule has 0 bridgehead atoms. The molecule has 5 nitrogen and oxygen atoms in total. The highest BCUT2D eigenvalue weighted by atomic mass is 16.3. The van der Waals surface area contributed by atoms with Crippen molar-refractivity contribution in [3.63, 3.8) is 0 Å². The second-order valence-electron chi connectivity index (χ2n) is 5.47. The van der Waals surface area contributed by atoms with E-state index in [0.717, 1.165) is 12.0 Å². The van der Waals surface area contributed by atoms with Gasteiger partial charge in [0.25, 0.3) is 0 Å². The van der Waals surface area contributed by atoms with E-state index in [9.17, 15) is 9.90 Å². The summed E-state index contributed by atoms with van der Waals surface area (Å²) in [4.78, 5) is 15.6. The van der Waals surface area contributed by atoms with Gasteiger partial charge in [-0.05, 0) is 42.9 Å². The molecule has 112 valence electrons. The Bertz CT molecular complexity index is 421. The number of carbonyl (C=O) groups excluding carboxylic acids is 1. The first kappa shape index (κ1) is 16.4. The van der Waals surface area contributed by atoms with E-state index in [4.69, 9.17) is 0 Å². The predicted octanol–water partition coefficient (Wildman–Crippen LogP) is 1.64. The molecule has 0 aliphatic rings. The minimum absolute atomic E-state index is 0.237. The molecule has 0 saturated carbocycles. The summed E-state index contributed by atoms with van der Waals surface area (Å²) in [6.45, 7) is 6.95. The fraction of sp³-hybridized carbons (Fsp3) is 0.600. The molecule has 0 aliphatic carbocycles. The number of hydrogen-bond acceptors (Lipinski definition) is 3. The summed E-state index contributed by atoms with van der Waals surface area (Å²) in [6, 6.07) is 1.72. The normalized spacial score (nSPS) is 12.2. The van der Waals surface area contributed by atoms with Gasteiger partial charge >= 0.3 is 6.03 Å². The number of aliphatic hydroxyl groups is 1. The molecule has 20 heavy (non-hydrogen) atoms. The van der Waals surface area contributed by atoms with Crippen LogP contribution in [0.3, 0.4) is 0 Å². The monoisotopic (exact) mass is 279 g/mol. The summed E-state index contributed by atoms with van der Waals surface area (Å²) >= 11 is 0. The number of aromatic nitrogens is 1. The summed E-state index contributed by atoms with van der Waals surface area (Å²) < 4.78 is 0. The van der Waals surface area contributed by atoms with Crippen molar-refractivity contribution >= 4 is 6.03 Å². The molecular formula is C15H25N3O2. The number of amides is 2. The molecule has 1 heterocycles. The Kier molecular flexibility index (Phi) is 7.01. The van der Waals surface area contributed by atoms with Crippen LogP contribution in [0.4, 0.5) is 4.79 Å². The van der Waals surface area contributed by atoms with Crippen LogP contribution in [0.2, 0.25) is 0 Å². The van der Waals surface area contributed by atoms with Gasteiger partial charge in [-0.25, -0.2) is 4.79 Å². The highest BCUT2D eigenvalue weighted by Crippen LogP contribution is 2.05. The molecule has 0 spiro atoms. The maximum atomic E-state index is 11.6. The van der Waals surface area contributed by atoms with Crippen molar-refractivity contribution in [3.05, 3.63) is 29.6 Å². The zero-order chi connectivity index (χ0) is 15.0. The van der Waals surface area contributed by atoms with Crippen LogP contribution in [0, 0.1) is 12.8 Å². The standard InChI is InChI=1S/C15H25N3O2/c1-11(2)8-14(19)10-18-15(20)17-7-5-13-4-6-16-9-12(13)3/h4,6,9,11,14,19H,5,7-8,10H2,1-3H3,(H2,17,18,20). The van der Waals surface area contributed by atoms with Crippen molar-refractivity contribution < 1.29 is 9.90 Å². The van der Waals surface area contributed by atoms with Crippen molar-refractivity contribution in [2.45, 2.75) is 39.7 Å². The summed E-state index contributed by atoms with van der Waals surface area (Å²) in [7, 11) is 0. The molecule has 1 aromatic rings. The molecule has 0 aromatic carbocycles. The summed E-state index contributed by atoms with van der Waals surface area (Å²) in [5.74, 6) is 0.421. The molecule has 0 saturated heterocycles. The maximum Gasteiger partial charge on any atom is 0.314 e. The fourth-order valence-corrected chi connectivity index (χ4v) is 1.99. The average molecular weight is 279 g/mol. The van der Waals surface area contributed by atoms with Gasteiger partial charge in [0.05, 0.1) is 6.10 Å². The van der Waals surface area contributed by atoms with Crippen LogP contribution in [-0.2, 0) is 6.42 Å². The van der Waals surface area contributed by atoms with Gasteiger partial charge in [-0.2, -0.15) is 0 Å². The first-order valence-electron chi connectivity index (χ1n) is 7.08. The number of nitrogens with zero attached hydrogens (tertiary/aromatic N) is 1. The Hall–Kier alpha value is -1.62. The fourth-order valence-electron chi connectivity index (χ4n) is 1.99. The van der Waals surface area contributed by atoms with Crippen molar-refractivity contribution in [2.24, 2.45) is 5.92 Å². The Balaban J connectivity index is 2.19.